The first-order valence-electron chi connectivity index (χ1n) is 11.7. The van der Waals surface area contributed by atoms with Crippen LogP contribution in [0.4, 0.5) is 4.39 Å². The molecule has 0 unspecified atom stereocenters. The maximum atomic E-state index is 13.9. The summed E-state index contributed by atoms with van der Waals surface area (Å²) in [5.41, 5.74) is 3.36. The number of carbonyl (C=O) groups excluding carboxylic acids is 1. The number of rotatable bonds is 7. The molecule has 0 radical (unpaired) electrons. The summed E-state index contributed by atoms with van der Waals surface area (Å²) in [4.78, 5) is 16.9. The SMILES string of the molecule is O=C(c1ccn(COc2ccc(-c3ccccc3)cc2)n1)N1CCN(Cc2ccccc2F)CC1. The minimum atomic E-state index is -0.189. The van der Waals surface area contributed by atoms with Crippen LogP contribution < -0.4 is 4.74 Å². The van der Waals surface area contributed by atoms with E-state index in [4.69, 9.17) is 4.74 Å². The minimum Gasteiger partial charge on any atom is -0.471 e. The van der Waals surface area contributed by atoms with E-state index in [9.17, 15) is 9.18 Å². The lowest BCUT2D eigenvalue weighted by atomic mass is 10.1. The van der Waals surface area contributed by atoms with Gasteiger partial charge in [-0.05, 0) is 35.4 Å². The third-order valence-corrected chi connectivity index (χ3v) is 6.20. The van der Waals surface area contributed by atoms with Gasteiger partial charge in [-0.1, -0.05) is 60.7 Å². The molecule has 2 heterocycles. The summed E-state index contributed by atoms with van der Waals surface area (Å²) in [7, 11) is 0. The Morgan fingerprint density at radius 2 is 1.51 bits per heavy atom. The summed E-state index contributed by atoms with van der Waals surface area (Å²) in [6.45, 7) is 3.34. The van der Waals surface area contributed by atoms with E-state index in [1.807, 2.05) is 48.5 Å². The predicted molar refractivity (Wildman–Crippen MR) is 132 cm³/mol. The number of hydrogen-bond donors (Lipinski definition) is 0. The lowest BCUT2D eigenvalue weighted by Gasteiger charge is -2.34. The second-order valence-electron chi connectivity index (χ2n) is 8.56. The Balaban J connectivity index is 1.11. The Labute approximate surface area is 204 Å². The number of hydrogen-bond acceptors (Lipinski definition) is 4. The number of ether oxygens (including phenoxy) is 1. The minimum absolute atomic E-state index is 0.0958. The molecule has 0 bridgehead atoms. The molecule has 0 aliphatic carbocycles. The van der Waals surface area contributed by atoms with Gasteiger partial charge in [0.15, 0.2) is 12.4 Å². The lowest BCUT2D eigenvalue weighted by Crippen LogP contribution is -2.48. The van der Waals surface area contributed by atoms with Crippen molar-refractivity contribution in [3.63, 3.8) is 0 Å². The number of benzene rings is 3. The molecule has 6 nitrogen and oxygen atoms in total. The zero-order chi connectivity index (χ0) is 24.0. The van der Waals surface area contributed by atoms with Crippen LogP contribution in [-0.4, -0.2) is 51.7 Å². The third kappa shape index (κ3) is 5.58. The fourth-order valence-electron chi connectivity index (χ4n) is 4.20. The van der Waals surface area contributed by atoms with E-state index in [-0.39, 0.29) is 18.5 Å². The van der Waals surface area contributed by atoms with Gasteiger partial charge >= 0.3 is 0 Å². The summed E-state index contributed by atoms with van der Waals surface area (Å²) >= 11 is 0. The van der Waals surface area contributed by atoms with Gasteiger partial charge in [-0.3, -0.25) is 9.69 Å². The van der Waals surface area contributed by atoms with Gasteiger partial charge in [-0.2, -0.15) is 5.10 Å². The van der Waals surface area contributed by atoms with Crippen molar-refractivity contribution in [3.8, 4) is 16.9 Å². The van der Waals surface area contributed by atoms with Gasteiger partial charge in [0, 0.05) is 44.5 Å². The predicted octanol–water partition coefficient (Wildman–Crippen LogP) is 4.68. The van der Waals surface area contributed by atoms with E-state index < -0.39 is 0 Å². The molecule has 3 aromatic carbocycles. The smallest absolute Gasteiger partial charge is 0.274 e. The summed E-state index contributed by atoms with van der Waals surface area (Å²) < 4.78 is 21.4. The Kier molecular flexibility index (Phi) is 6.86. The summed E-state index contributed by atoms with van der Waals surface area (Å²) in [5.74, 6) is 0.450. The molecule has 1 saturated heterocycles. The molecular formula is C28H27FN4O2. The summed E-state index contributed by atoms with van der Waals surface area (Å²) in [6.07, 6.45) is 1.75. The zero-order valence-electron chi connectivity index (χ0n) is 19.4. The van der Waals surface area contributed by atoms with Gasteiger partial charge in [0.05, 0.1) is 0 Å². The molecule has 0 N–H and O–H groups in total. The maximum Gasteiger partial charge on any atom is 0.274 e. The first-order chi connectivity index (χ1) is 17.2. The van der Waals surface area contributed by atoms with Crippen LogP contribution in [0.15, 0.2) is 91.1 Å². The van der Waals surface area contributed by atoms with E-state index in [0.717, 1.165) is 16.9 Å². The molecule has 35 heavy (non-hydrogen) atoms. The van der Waals surface area contributed by atoms with Gasteiger partial charge in [-0.15, -0.1) is 0 Å². The first kappa shape index (κ1) is 22.8. The van der Waals surface area contributed by atoms with Crippen LogP contribution in [0.1, 0.15) is 16.1 Å². The van der Waals surface area contributed by atoms with Crippen molar-refractivity contribution in [3.05, 3.63) is 108 Å². The number of piperazine rings is 1. The Morgan fingerprint density at radius 3 is 2.26 bits per heavy atom. The van der Waals surface area contributed by atoms with Crippen molar-refractivity contribution in [2.24, 2.45) is 0 Å². The molecule has 0 atom stereocenters. The zero-order valence-corrected chi connectivity index (χ0v) is 19.4. The largest absolute Gasteiger partial charge is 0.471 e. The average molecular weight is 471 g/mol. The Hall–Kier alpha value is -3.97. The number of nitrogens with zero attached hydrogens (tertiary/aromatic N) is 4. The second kappa shape index (κ2) is 10.5. The van der Waals surface area contributed by atoms with Gasteiger partial charge < -0.3 is 9.64 Å². The molecule has 5 rings (SSSR count). The van der Waals surface area contributed by atoms with Crippen molar-refractivity contribution < 1.29 is 13.9 Å². The van der Waals surface area contributed by atoms with Gasteiger partial charge in [0.25, 0.3) is 5.91 Å². The molecule has 1 aromatic heterocycles. The molecule has 0 spiro atoms. The highest BCUT2D eigenvalue weighted by Crippen LogP contribution is 2.22. The molecule has 4 aromatic rings. The normalized spacial score (nSPS) is 14.1. The van der Waals surface area contributed by atoms with Gasteiger partial charge in [-0.25, -0.2) is 9.07 Å². The number of halogens is 1. The molecule has 178 valence electrons. The number of amides is 1. The highest BCUT2D eigenvalue weighted by molar-refractivity contribution is 5.92. The van der Waals surface area contributed by atoms with Crippen LogP contribution in [0.25, 0.3) is 11.1 Å². The summed E-state index contributed by atoms with van der Waals surface area (Å²) in [6, 6.07) is 26.6. The van der Waals surface area contributed by atoms with Crippen molar-refractivity contribution in [2.45, 2.75) is 13.3 Å². The lowest BCUT2D eigenvalue weighted by molar-refractivity contribution is 0.0619. The molecule has 1 fully saturated rings. The quantitative estimate of drug-likeness (QED) is 0.394. The van der Waals surface area contributed by atoms with Crippen LogP contribution in [0.5, 0.6) is 5.75 Å². The summed E-state index contributed by atoms with van der Waals surface area (Å²) in [5, 5.41) is 4.40. The number of carbonyl (C=O) groups is 1. The molecular weight excluding hydrogens is 443 g/mol. The van der Waals surface area contributed by atoms with E-state index in [1.165, 1.54) is 6.07 Å². The fraction of sp³-hybridized carbons (Fsp3) is 0.214. The average Bonchev–Trinajstić information content (AvgIpc) is 3.39. The van der Waals surface area contributed by atoms with E-state index in [1.54, 1.807) is 34.0 Å². The maximum absolute atomic E-state index is 13.9. The fourth-order valence-corrected chi connectivity index (χ4v) is 4.20. The number of aromatic nitrogens is 2. The third-order valence-electron chi connectivity index (χ3n) is 6.20. The molecule has 1 amide bonds. The topological polar surface area (TPSA) is 50.6 Å². The van der Waals surface area contributed by atoms with Crippen LogP contribution in [0.3, 0.4) is 0 Å². The standard InChI is InChI=1S/C28H27FN4O2/c29-26-9-5-4-8-24(26)20-31-16-18-32(19-17-31)28(34)27-14-15-33(30-27)21-35-25-12-10-23(11-13-25)22-6-2-1-3-7-22/h1-15H,16-21H2. The highest BCUT2D eigenvalue weighted by atomic mass is 19.1. The Bertz CT molecular complexity index is 1270. The van der Waals surface area contributed by atoms with Gasteiger partial charge in [0.2, 0.25) is 0 Å². The van der Waals surface area contributed by atoms with Gasteiger partial charge in [0.1, 0.15) is 11.6 Å². The van der Waals surface area contributed by atoms with Crippen LogP contribution in [0, 0.1) is 5.82 Å². The first-order valence-corrected chi connectivity index (χ1v) is 11.7. The van der Waals surface area contributed by atoms with Crippen LogP contribution in [0.2, 0.25) is 0 Å². The monoisotopic (exact) mass is 470 g/mol. The molecule has 1 aliphatic heterocycles. The van der Waals surface area contributed by atoms with Crippen molar-refractivity contribution >= 4 is 5.91 Å². The van der Waals surface area contributed by atoms with E-state index >= 15 is 0 Å². The van der Waals surface area contributed by atoms with E-state index in [2.05, 4.69) is 22.1 Å². The van der Waals surface area contributed by atoms with Crippen LogP contribution in [-0.2, 0) is 13.3 Å². The molecule has 0 saturated carbocycles. The van der Waals surface area contributed by atoms with Crippen molar-refractivity contribution in [2.75, 3.05) is 26.2 Å². The highest BCUT2D eigenvalue weighted by Gasteiger charge is 2.24. The van der Waals surface area contributed by atoms with Crippen molar-refractivity contribution in [1.29, 1.82) is 0 Å². The molecule has 7 heteroatoms. The van der Waals surface area contributed by atoms with Crippen molar-refractivity contribution in [1.82, 2.24) is 19.6 Å². The Morgan fingerprint density at radius 1 is 0.829 bits per heavy atom. The molecule has 1 aliphatic rings. The van der Waals surface area contributed by atoms with Crippen LogP contribution >= 0.6 is 0 Å². The second-order valence-corrected chi connectivity index (χ2v) is 8.56. The van der Waals surface area contributed by atoms with E-state index in [0.29, 0.717) is 44.0 Å².